The zero-order valence-corrected chi connectivity index (χ0v) is 10.9. The molecular weight excluding hydrogens is 214 g/mol. The number of carbonyl (C=O) groups is 1. The molecule has 4 heteroatoms. The zero-order chi connectivity index (χ0) is 13.0. The largest absolute Gasteiger partial charge is 0.398 e. The summed E-state index contributed by atoms with van der Waals surface area (Å²) in [7, 11) is 1.89. The van der Waals surface area contributed by atoms with Crippen LogP contribution in [0.5, 0.6) is 0 Å². The molecule has 0 unspecified atom stereocenters. The van der Waals surface area contributed by atoms with Gasteiger partial charge in [0.25, 0.3) is 0 Å². The molecule has 0 aliphatic carbocycles. The number of carbonyl (C=O) groups excluding carboxylic acids is 1. The Balaban J connectivity index is 2.73. The van der Waals surface area contributed by atoms with Gasteiger partial charge in [0.15, 0.2) is 0 Å². The van der Waals surface area contributed by atoms with Crippen molar-refractivity contribution in [3.8, 4) is 0 Å². The van der Waals surface area contributed by atoms with Gasteiger partial charge in [-0.05, 0) is 38.5 Å². The second-order valence-electron chi connectivity index (χ2n) is 4.57. The molecule has 0 saturated carbocycles. The molecule has 0 bridgehead atoms. The third-order valence-electron chi connectivity index (χ3n) is 2.59. The zero-order valence-electron chi connectivity index (χ0n) is 10.9. The average Bonchev–Trinajstić information content (AvgIpc) is 2.20. The number of nitrogens with zero attached hydrogens (tertiary/aromatic N) is 1. The van der Waals surface area contributed by atoms with Crippen LogP contribution in [-0.4, -0.2) is 25.5 Å². The molecule has 0 saturated heterocycles. The third-order valence-corrected chi connectivity index (χ3v) is 2.59. The molecule has 0 spiro atoms. The molecule has 0 radical (unpaired) electrons. The lowest BCUT2D eigenvalue weighted by Gasteiger charge is -2.22. The molecule has 1 aromatic rings. The summed E-state index contributed by atoms with van der Waals surface area (Å²) in [5, 5.41) is 2.87. The first kappa shape index (κ1) is 13.4. The molecular formula is C13H21N3O. The van der Waals surface area contributed by atoms with Crippen LogP contribution in [0.25, 0.3) is 0 Å². The molecule has 1 rings (SSSR count). The van der Waals surface area contributed by atoms with Gasteiger partial charge in [0, 0.05) is 24.5 Å². The maximum atomic E-state index is 11.6. The monoisotopic (exact) mass is 235 g/mol. The van der Waals surface area contributed by atoms with Crippen LogP contribution in [0.3, 0.4) is 0 Å². The van der Waals surface area contributed by atoms with Gasteiger partial charge in [0.1, 0.15) is 0 Å². The first-order chi connectivity index (χ1) is 7.91. The van der Waals surface area contributed by atoms with E-state index in [9.17, 15) is 4.79 Å². The van der Waals surface area contributed by atoms with Crippen molar-refractivity contribution in [1.29, 1.82) is 0 Å². The Bertz CT molecular complexity index is 402. The molecule has 0 heterocycles. The van der Waals surface area contributed by atoms with Gasteiger partial charge in [-0.15, -0.1) is 0 Å². The molecule has 0 aliphatic heterocycles. The van der Waals surface area contributed by atoms with Crippen molar-refractivity contribution >= 4 is 17.3 Å². The minimum Gasteiger partial charge on any atom is -0.398 e. The van der Waals surface area contributed by atoms with Crippen LogP contribution < -0.4 is 16.0 Å². The number of nitrogens with two attached hydrogens (primary N) is 1. The van der Waals surface area contributed by atoms with E-state index in [0.29, 0.717) is 6.54 Å². The highest BCUT2D eigenvalue weighted by Crippen LogP contribution is 2.23. The van der Waals surface area contributed by atoms with E-state index in [-0.39, 0.29) is 11.9 Å². The molecule has 0 atom stereocenters. The van der Waals surface area contributed by atoms with Crippen molar-refractivity contribution in [3.05, 3.63) is 23.8 Å². The quantitative estimate of drug-likeness (QED) is 0.778. The fourth-order valence-corrected chi connectivity index (χ4v) is 1.72. The summed E-state index contributed by atoms with van der Waals surface area (Å²) in [6.07, 6.45) is 0. The smallest absolute Gasteiger partial charge is 0.239 e. The summed E-state index contributed by atoms with van der Waals surface area (Å²) < 4.78 is 0. The number of nitrogens with one attached hydrogen (secondary N) is 1. The number of benzene rings is 1. The normalized spacial score (nSPS) is 10.4. The average molecular weight is 235 g/mol. The van der Waals surface area contributed by atoms with E-state index < -0.39 is 0 Å². The second-order valence-corrected chi connectivity index (χ2v) is 4.57. The Hall–Kier alpha value is -1.71. The number of anilines is 2. The molecule has 1 amide bonds. The van der Waals surface area contributed by atoms with Crippen LogP contribution in [0, 0.1) is 6.92 Å². The lowest BCUT2D eigenvalue weighted by Crippen LogP contribution is -2.38. The van der Waals surface area contributed by atoms with E-state index in [1.54, 1.807) is 0 Å². The summed E-state index contributed by atoms with van der Waals surface area (Å²) >= 11 is 0. The van der Waals surface area contributed by atoms with E-state index in [4.69, 9.17) is 5.73 Å². The van der Waals surface area contributed by atoms with Crippen molar-refractivity contribution in [2.75, 3.05) is 24.2 Å². The number of hydrogen-bond acceptors (Lipinski definition) is 3. The standard InChI is InChI=1S/C13H21N3O/c1-9(2)15-13(17)8-16(4)12-7-5-6-11(14)10(12)3/h5-7,9H,8,14H2,1-4H3,(H,15,17). The summed E-state index contributed by atoms with van der Waals surface area (Å²) in [4.78, 5) is 13.6. The fourth-order valence-electron chi connectivity index (χ4n) is 1.72. The Morgan fingerprint density at radius 3 is 2.71 bits per heavy atom. The number of rotatable bonds is 4. The summed E-state index contributed by atoms with van der Waals surface area (Å²) in [5.41, 5.74) is 8.59. The van der Waals surface area contributed by atoms with Gasteiger partial charge in [-0.1, -0.05) is 6.07 Å². The lowest BCUT2D eigenvalue weighted by molar-refractivity contribution is -0.120. The predicted molar refractivity (Wildman–Crippen MR) is 72.1 cm³/mol. The Morgan fingerprint density at radius 2 is 2.12 bits per heavy atom. The number of hydrogen-bond donors (Lipinski definition) is 2. The first-order valence-corrected chi connectivity index (χ1v) is 5.77. The van der Waals surface area contributed by atoms with Gasteiger partial charge >= 0.3 is 0 Å². The molecule has 17 heavy (non-hydrogen) atoms. The Kier molecular flexibility index (Phi) is 4.37. The lowest BCUT2D eigenvalue weighted by atomic mass is 10.1. The van der Waals surface area contributed by atoms with Crippen LogP contribution in [0.4, 0.5) is 11.4 Å². The van der Waals surface area contributed by atoms with E-state index >= 15 is 0 Å². The molecule has 94 valence electrons. The summed E-state index contributed by atoms with van der Waals surface area (Å²) in [5.74, 6) is 0.0179. The second kappa shape index (κ2) is 5.57. The third kappa shape index (κ3) is 3.66. The maximum Gasteiger partial charge on any atom is 0.239 e. The topological polar surface area (TPSA) is 58.4 Å². The fraction of sp³-hybridized carbons (Fsp3) is 0.462. The van der Waals surface area contributed by atoms with Crippen molar-refractivity contribution in [2.24, 2.45) is 0 Å². The SMILES string of the molecule is Cc1c(N)cccc1N(C)CC(=O)NC(C)C. The number of amides is 1. The summed E-state index contributed by atoms with van der Waals surface area (Å²) in [6, 6.07) is 5.89. The van der Waals surface area contributed by atoms with Gasteiger partial charge in [-0.3, -0.25) is 4.79 Å². The molecule has 4 nitrogen and oxygen atoms in total. The van der Waals surface area contributed by atoms with E-state index in [1.807, 2.05) is 50.9 Å². The predicted octanol–water partition coefficient (Wildman–Crippen LogP) is 1.54. The van der Waals surface area contributed by atoms with Crippen LogP contribution in [0.15, 0.2) is 18.2 Å². The molecule has 0 fully saturated rings. The van der Waals surface area contributed by atoms with Crippen molar-refractivity contribution in [3.63, 3.8) is 0 Å². The van der Waals surface area contributed by atoms with Crippen molar-refractivity contribution in [2.45, 2.75) is 26.8 Å². The number of nitrogen functional groups attached to an aromatic ring is 1. The van der Waals surface area contributed by atoms with Crippen LogP contribution in [-0.2, 0) is 4.79 Å². The van der Waals surface area contributed by atoms with E-state index in [1.165, 1.54) is 0 Å². The van der Waals surface area contributed by atoms with Gasteiger partial charge in [-0.2, -0.15) is 0 Å². The highest BCUT2D eigenvalue weighted by Gasteiger charge is 2.11. The molecule has 1 aromatic carbocycles. The van der Waals surface area contributed by atoms with Gasteiger partial charge in [-0.25, -0.2) is 0 Å². The Morgan fingerprint density at radius 1 is 1.47 bits per heavy atom. The Labute approximate surface area is 103 Å². The minimum absolute atomic E-state index is 0.0179. The van der Waals surface area contributed by atoms with Gasteiger partial charge in [0.05, 0.1) is 6.54 Å². The van der Waals surface area contributed by atoms with Gasteiger partial charge in [0.2, 0.25) is 5.91 Å². The maximum absolute atomic E-state index is 11.6. The summed E-state index contributed by atoms with van der Waals surface area (Å²) in [6.45, 7) is 6.19. The van der Waals surface area contributed by atoms with E-state index in [0.717, 1.165) is 16.9 Å². The van der Waals surface area contributed by atoms with Gasteiger partial charge < -0.3 is 16.0 Å². The van der Waals surface area contributed by atoms with Crippen molar-refractivity contribution < 1.29 is 4.79 Å². The molecule has 3 N–H and O–H groups in total. The van der Waals surface area contributed by atoms with Crippen LogP contribution in [0.2, 0.25) is 0 Å². The molecule has 0 aromatic heterocycles. The van der Waals surface area contributed by atoms with Crippen LogP contribution in [0.1, 0.15) is 19.4 Å². The minimum atomic E-state index is 0.0179. The first-order valence-electron chi connectivity index (χ1n) is 5.77. The highest BCUT2D eigenvalue weighted by atomic mass is 16.2. The van der Waals surface area contributed by atoms with E-state index in [2.05, 4.69) is 5.32 Å². The van der Waals surface area contributed by atoms with Crippen LogP contribution >= 0.6 is 0 Å². The van der Waals surface area contributed by atoms with Crippen molar-refractivity contribution in [1.82, 2.24) is 5.32 Å². The number of likely N-dealkylation sites (N-methyl/N-ethyl adjacent to an activating group) is 1. The highest BCUT2D eigenvalue weighted by molar-refractivity contribution is 5.82. The molecule has 0 aliphatic rings.